The normalized spacial score (nSPS) is 11.3. The molecule has 0 saturated heterocycles. The number of sulfonamides is 1. The van der Waals surface area contributed by atoms with Crippen LogP contribution in [0.3, 0.4) is 0 Å². The van der Waals surface area contributed by atoms with Gasteiger partial charge < -0.3 is 5.11 Å². The first-order valence-electron chi connectivity index (χ1n) is 7.49. The molecule has 0 radical (unpaired) electrons. The molecule has 1 aromatic heterocycles. The Hall–Kier alpha value is -2.35. The predicted molar refractivity (Wildman–Crippen MR) is 104 cm³/mol. The number of anilines is 1. The highest BCUT2D eigenvalue weighted by molar-refractivity contribution is 7.92. The van der Waals surface area contributed by atoms with Crippen LogP contribution in [0.15, 0.2) is 59.5 Å². The zero-order chi connectivity index (χ0) is 18.9. The lowest BCUT2D eigenvalue weighted by Crippen LogP contribution is -2.14. The summed E-state index contributed by atoms with van der Waals surface area (Å²) >= 11 is 6.87. The summed E-state index contributed by atoms with van der Waals surface area (Å²) in [4.78, 5) is 12.2. The van der Waals surface area contributed by atoms with Crippen LogP contribution in [0.2, 0.25) is 5.02 Å². The van der Waals surface area contributed by atoms with E-state index in [-0.39, 0.29) is 15.5 Å². The molecule has 2 N–H and O–H groups in total. The van der Waals surface area contributed by atoms with Gasteiger partial charge in [0.1, 0.15) is 4.88 Å². The molecule has 8 heteroatoms. The van der Waals surface area contributed by atoms with Crippen molar-refractivity contribution in [2.45, 2.75) is 11.8 Å². The molecule has 0 spiro atoms. The Labute approximate surface area is 159 Å². The largest absolute Gasteiger partial charge is 0.477 e. The lowest BCUT2D eigenvalue weighted by atomic mass is 10.2. The van der Waals surface area contributed by atoms with Gasteiger partial charge in [-0.25, -0.2) is 13.2 Å². The number of halogens is 1. The van der Waals surface area contributed by atoms with E-state index >= 15 is 0 Å². The van der Waals surface area contributed by atoms with Gasteiger partial charge in [0.25, 0.3) is 10.0 Å². The Morgan fingerprint density at radius 3 is 2.27 bits per heavy atom. The number of nitrogens with one attached hydrogen (secondary N) is 1. The zero-order valence-corrected chi connectivity index (χ0v) is 16.0. The standard InChI is InChI=1S/C18H14ClNO4S2/c1-11-2-8-14(9-3-11)26(23,24)20-15-10-16(25-17(15)18(21)22)12-4-6-13(19)7-5-12/h2-10,20H,1H3,(H,21,22). The van der Waals surface area contributed by atoms with Crippen molar-refractivity contribution >= 4 is 44.6 Å². The van der Waals surface area contributed by atoms with Crippen LogP contribution in [0.25, 0.3) is 10.4 Å². The van der Waals surface area contributed by atoms with Crippen LogP contribution >= 0.6 is 22.9 Å². The SMILES string of the molecule is Cc1ccc(S(=O)(=O)Nc2cc(-c3ccc(Cl)cc3)sc2C(=O)O)cc1. The maximum absolute atomic E-state index is 12.6. The van der Waals surface area contributed by atoms with Gasteiger partial charge in [-0.3, -0.25) is 4.72 Å². The molecular weight excluding hydrogens is 394 g/mol. The van der Waals surface area contributed by atoms with Gasteiger partial charge >= 0.3 is 5.97 Å². The van der Waals surface area contributed by atoms with E-state index in [1.807, 2.05) is 6.92 Å². The summed E-state index contributed by atoms with van der Waals surface area (Å²) in [5, 5.41) is 9.99. The molecule has 3 rings (SSSR count). The van der Waals surface area contributed by atoms with Gasteiger partial charge in [0.15, 0.2) is 0 Å². The Bertz CT molecular complexity index is 1060. The zero-order valence-electron chi connectivity index (χ0n) is 13.6. The Balaban J connectivity index is 2.00. The summed E-state index contributed by atoms with van der Waals surface area (Å²) in [6.45, 7) is 1.85. The lowest BCUT2D eigenvalue weighted by Gasteiger charge is -2.07. The number of rotatable bonds is 5. The molecule has 0 amide bonds. The van der Waals surface area contributed by atoms with Crippen molar-refractivity contribution in [1.82, 2.24) is 0 Å². The van der Waals surface area contributed by atoms with Gasteiger partial charge in [0.05, 0.1) is 10.6 Å². The monoisotopic (exact) mass is 407 g/mol. The number of thiophene rings is 1. The Morgan fingerprint density at radius 1 is 1.08 bits per heavy atom. The first-order valence-corrected chi connectivity index (χ1v) is 10.2. The van der Waals surface area contributed by atoms with Gasteiger partial charge in [-0.2, -0.15) is 0 Å². The number of carboxylic acids is 1. The fraction of sp³-hybridized carbons (Fsp3) is 0.0556. The molecule has 2 aromatic carbocycles. The first kappa shape index (κ1) is 18.4. The smallest absolute Gasteiger partial charge is 0.348 e. The topological polar surface area (TPSA) is 83.5 Å². The van der Waals surface area contributed by atoms with Gasteiger partial charge in [-0.05, 0) is 42.8 Å². The van der Waals surface area contributed by atoms with Crippen LogP contribution in [0.5, 0.6) is 0 Å². The number of benzene rings is 2. The van der Waals surface area contributed by atoms with Crippen molar-refractivity contribution < 1.29 is 18.3 Å². The summed E-state index contributed by atoms with van der Waals surface area (Å²) in [5.41, 5.74) is 1.71. The second kappa shape index (κ2) is 7.11. The molecule has 1 heterocycles. The maximum atomic E-state index is 12.6. The highest BCUT2D eigenvalue weighted by atomic mass is 35.5. The van der Waals surface area contributed by atoms with E-state index in [9.17, 15) is 18.3 Å². The molecule has 0 fully saturated rings. The quantitative estimate of drug-likeness (QED) is 0.631. The minimum Gasteiger partial charge on any atom is -0.477 e. The molecule has 26 heavy (non-hydrogen) atoms. The third-order valence-electron chi connectivity index (χ3n) is 3.63. The first-order chi connectivity index (χ1) is 12.3. The van der Waals surface area contributed by atoms with E-state index in [0.717, 1.165) is 22.5 Å². The number of aromatic carboxylic acids is 1. The molecule has 0 bridgehead atoms. The molecule has 0 aliphatic rings. The van der Waals surface area contributed by atoms with Crippen LogP contribution < -0.4 is 4.72 Å². The van der Waals surface area contributed by atoms with E-state index < -0.39 is 16.0 Å². The summed E-state index contributed by atoms with van der Waals surface area (Å²) < 4.78 is 27.5. The average molecular weight is 408 g/mol. The second-order valence-corrected chi connectivity index (χ2v) is 8.76. The van der Waals surface area contributed by atoms with Crippen LogP contribution in [0.4, 0.5) is 5.69 Å². The van der Waals surface area contributed by atoms with E-state index in [2.05, 4.69) is 4.72 Å². The van der Waals surface area contributed by atoms with Crippen molar-refractivity contribution in [2.24, 2.45) is 0 Å². The van der Waals surface area contributed by atoms with Crippen molar-refractivity contribution in [2.75, 3.05) is 4.72 Å². The molecule has 0 aliphatic carbocycles. The van der Waals surface area contributed by atoms with E-state index in [0.29, 0.717) is 9.90 Å². The highest BCUT2D eigenvalue weighted by Gasteiger charge is 2.22. The van der Waals surface area contributed by atoms with E-state index in [1.165, 1.54) is 18.2 Å². The fourth-order valence-electron chi connectivity index (χ4n) is 2.30. The van der Waals surface area contributed by atoms with Crippen LogP contribution in [-0.4, -0.2) is 19.5 Å². The fourth-order valence-corrected chi connectivity index (χ4v) is 4.51. The lowest BCUT2D eigenvalue weighted by molar-refractivity contribution is 0.0703. The number of hydrogen-bond donors (Lipinski definition) is 2. The predicted octanol–water partition coefficient (Wildman–Crippen LogP) is 4.88. The minimum absolute atomic E-state index is 0.0352. The molecule has 0 unspecified atom stereocenters. The summed E-state index contributed by atoms with van der Waals surface area (Å²) in [6, 6.07) is 14.7. The number of hydrogen-bond acceptors (Lipinski definition) is 4. The van der Waals surface area contributed by atoms with Gasteiger partial charge in [-0.1, -0.05) is 41.4 Å². The summed E-state index contributed by atoms with van der Waals surface area (Å²) in [5.74, 6) is -1.20. The summed E-state index contributed by atoms with van der Waals surface area (Å²) in [7, 11) is -3.89. The molecule has 0 saturated carbocycles. The molecule has 0 aliphatic heterocycles. The van der Waals surface area contributed by atoms with Crippen molar-refractivity contribution in [3.05, 3.63) is 70.1 Å². The molecule has 5 nitrogen and oxygen atoms in total. The molecular formula is C18H14ClNO4S2. The number of carboxylic acid groups (broad SMARTS) is 1. The van der Waals surface area contributed by atoms with Crippen molar-refractivity contribution in [1.29, 1.82) is 0 Å². The Morgan fingerprint density at radius 2 is 1.69 bits per heavy atom. The van der Waals surface area contributed by atoms with Crippen molar-refractivity contribution in [3.8, 4) is 10.4 Å². The van der Waals surface area contributed by atoms with E-state index in [4.69, 9.17) is 11.6 Å². The number of aryl methyl sites for hydroxylation is 1. The average Bonchev–Trinajstić information content (AvgIpc) is 2.99. The van der Waals surface area contributed by atoms with Crippen LogP contribution in [-0.2, 0) is 10.0 Å². The Kier molecular flexibility index (Phi) is 5.04. The number of carbonyl (C=O) groups is 1. The highest BCUT2D eigenvalue weighted by Crippen LogP contribution is 2.36. The minimum atomic E-state index is -3.89. The van der Waals surface area contributed by atoms with Crippen LogP contribution in [0, 0.1) is 6.92 Å². The van der Waals surface area contributed by atoms with Gasteiger partial charge in [-0.15, -0.1) is 11.3 Å². The van der Waals surface area contributed by atoms with E-state index in [1.54, 1.807) is 36.4 Å². The third-order valence-corrected chi connectivity index (χ3v) is 6.44. The third kappa shape index (κ3) is 3.90. The van der Waals surface area contributed by atoms with Crippen molar-refractivity contribution in [3.63, 3.8) is 0 Å². The molecule has 0 atom stereocenters. The molecule has 3 aromatic rings. The van der Waals surface area contributed by atoms with Crippen LogP contribution in [0.1, 0.15) is 15.2 Å². The summed E-state index contributed by atoms with van der Waals surface area (Å²) in [6.07, 6.45) is 0. The molecule has 134 valence electrons. The van der Waals surface area contributed by atoms with Gasteiger partial charge in [0.2, 0.25) is 0 Å². The van der Waals surface area contributed by atoms with Gasteiger partial charge in [0, 0.05) is 9.90 Å². The maximum Gasteiger partial charge on any atom is 0.348 e. The second-order valence-electron chi connectivity index (χ2n) is 5.58.